The number of carbonyl (C=O) groups excluding carboxylic acids is 1. The van der Waals surface area contributed by atoms with E-state index < -0.39 is 0 Å². The third-order valence-corrected chi connectivity index (χ3v) is 5.70. The molecule has 2 aliphatic heterocycles. The number of hydrogen-bond donors (Lipinski definition) is 1. The Balaban J connectivity index is 1.67. The second-order valence-corrected chi connectivity index (χ2v) is 8.14. The molecule has 0 aliphatic carbocycles. The number of phenolic OH excluding ortho intramolecular Hbond substituents is 1. The lowest BCUT2D eigenvalue weighted by molar-refractivity contribution is 0.101. The number of hydrogen-bond acceptors (Lipinski definition) is 4. The lowest BCUT2D eigenvalue weighted by Gasteiger charge is -2.18. The molecule has 2 aliphatic rings. The van der Waals surface area contributed by atoms with Gasteiger partial charge in [-0.15, -0.1) is 0 Å². The molecule has 0 amide bonds. The molecule has 2 aromatic carbocycles. The normalized spacial score (nSPS) is 18.1. The summed E-state index contributed by atoms with van der Waals surface area (Å²) in [6.45, 7) is 8.80. The van der Waals surface area contributed by atoms with Crippen molar-refractivity contribution in [3.8, 4) is 11.5 Å². The summed E-state index contributed by atoms with van der Waals surface area (Å²) in [5.74, 6) is 1.42. The first-order chi connectivity index (χ1) is 13.4. The molecule has 0 atom stereocenters. The molecule has 0 radical (unpaired) electrons. The Morgan fingerprint density at radius 1 is 1.18 bits per heavy atom. The third kappa shape index (κ3) is 3.45. The molecule has 4 rings (SSSR count). The first kappa shape index (κ1) is 18.8. The third-order valence-electron chi connectivity index (χ3n) is 5.70. The maximum Gasteiger partial charge on any atom is 0.232 e. The Morgan fingerprint density at radius 2 is 1.86 bits per heavy atom. The maximum absolute atomic E-state index is 13.0. The Kier molecular flexibility index (Phi) is 4.98. The zero-order chi connectivity index (χ0) is 19.8. The molecule has 4 heteroatoms. The molecule has 146 valence electrons. The molecule has 0 spiro atoms. The van der Waals surface area contributed by atoms with E-state index in [1.807, 2.05) is 19.1 Å². The fourth-order valence-corrected chi connectivity index (χ4v) is 4.03. The number of aryl methyl sites for hydroxylation is 1. The molecule has 4 nitrogen and oxygen atoms in total. The minimum atomic E-state index is -0.108. The SMILES string of the molecule is Cc1cc(O)c(CN2CCCC2)c2c1C(=O)/C(=C/c1ccc(C(C)C)cc1)O2. The van der Waals surface area contributed by atoms with Gasteiger partial charge in [-0.25, -0.2) is 0 Å². The number of likely N-dealkylation sites (tertiary alicyclic amines) is 1. The predicted molar refractivity (Wildman–Crippen MR) is 111 cm³/mol. The number of carbonyl (C=O) groups is 1. The number of phenols is 1. The van der Waals surface area contributed by atoms with E-state index in [0.29, 0.717) is 29.5 Å². The zero-order valence-corrected chi connectivity index (χ0v) is 16.8. The highest BCUT2D eigenvalue weighted by atomic mass is 16.5. The predicted octanol–water partition coefficient (Wildman–Crippen LogP) is 5.04. The van der Waals surface area contributed by atoms with Crippen LogP contribution in [0.2, 0.25) is 0 Å². The number of nitrogens with zero attached hydrogens (tertiary/aromatic N) is 1. The molecule has 0 bridgehead atoms. The van der Waals surface area contributed by atoms with Crippen LogP contribution < -0.4 is 4.74 Å². The lowest BCUT2D eigenvalue weighted by atomic mass is 9.98. The van der Waals surface area contributed by atoms with Crippen LogP contribution in [0, 0.1) is 6.92 Å². The van der Waals surface area contributed by atoms with E-state index in [4.69, 9.17) is 4.74 Å². The molecule has 1 fully saturated rings. The topological polar surface area (TPSA) is 49.8 Å². The van der Waals surface area contributed by atoms with E-state index in [1.54, 1.807) is 12.1 Å². The number of rotatable bonds is 4. The van der Waals surface area contributed by atoms with Gasteiger partial charge >= 0.3 is 0 Å². The van der Waals surface area contributed by atoms with Crippen molar-refractivity contribution in [1.29, 1.82) is 0 Å². The van der Waals surface area contributed by atoms with Crippen LogP contribution >= 0.6 is 0 Å². The van der Waals surface area contributed by atoms with Gasteiger partial charge in [0, 0.05) is 6.54 Å². The number of ether oxygens (including phenoxy) is 1. The molecular weight excluding hydrogens is 350 g/mol. The van der Waals surface area contributed by atoms with Crippen molar-refractivity contribution in [3.05, 3.63) is 63.9 Å². The van der Waals surface area contributed by atoms with Gasteiger partial charge in [0.1, 0.15) is 11.5 Å². The number of allylic oxidation sites excluding steroid dienone is 1. The minimum Gasteiger partial charge on any atom is -0.507 e. The highest BCUT2D eigenvalue weighted by molar-refractivity contribution is 6.15. The summed E-state index contributed by atoms with van der Waals surface area (Å²) in [6, 6.07) is 9.87. The minimum absolute atomic E-state index is 0.108. The first-order valence-corrected chi connectivity index (χ1v) is 10.1. The van der Waals surface area contributed by atoms with Gasteiger partial charge in [0.2, 0.25) is 5.78 Å². The Labute approximate surface area is 166 Å². The van der Waals surface area contributed by atoms with Gasteiger partial charge in [-0.2, -0.15) is 0 Å². The monoisotopic (exact) mass is 377 g/mol. The molecule has 0 unspecified atom stereocenters. The zero-order valence-electron chi connectivity index (χ0n) is 16.8. The van der Waals surface area contributed by atoms with Crippen molar-refractivity contribution in [3.63, 3.8) is 0 Å². The molecular formula is C24H27NO3. The van der Waals surface area contributed by atoms with Gasteiger partial charge in [-0.1, -0.05) is 38.1 Å². The van der Waals surface area contributed by atoms with Crippen molar-refractivity contribution >= 4 is 11.9 Å². The highest BCUT2D eigenvalue weighted by Crippen LogP contribution is 2.42. The maximum atomic E-state index is 13.0. The average molecular weight is 377 g/mol. The van der Waals surface area contributed by atoms with Crippen LogP contribution in [0.4, 0.5) is 0 Å². The van der Waals surface area contributed by atoms with Crippen molar-refractivity contribution < 1.29 is 14.6 Å². The summed E-state index contributed by atoms with van der Waals surface area (Å²) in [7, 11) is 0. The van der Waals surface area contributed by atoms with E-state index in [2.05, 4.69) is 30.9 Å². The van der Waals surface area contributed by atoms with Gasteiger partial charge in [-0.05, 0) is 67.6 Å². The van der Waals surface area contributed by atoms with E-state index in [1.165, 1.54) is 18.4 Å². The fraction of sp³-hybridized carbons (Fsp3) is 0.375. The molecule has 2 heterocycles. The Hall–Kier alpha value is -2.59. The number of fused-ring (bicyclic) bond motifs is 1. The van der Waals surface area contributed by atoms with Crippen LogP contribution in [-0.4, -0.2) is 28.9 Å². The van der Waals surface area contributed by atoms with Crippen LogP contribution in [0.15, 0.2) is 36.1 Å². The molecule has 0 saturated carbocycles. The number of Topliss-reactive ketones (excluding diaryl/α,β-unsaturated/α-hetero) is 1. The second-order valence-electron chi connectivity index (χ2n) is 8.14. The number of ketones is 1. The summed E-state index contributed by atoms with van der Waals surface area (Å²) in [4.78, 5) is 15.3. The summed E-state index contributed by atoms with van der Waals surface area (Å²) >= 11 is 0. The molecule has 1 N–H and O–H groups in total. The first-order valence-electron chi connectivity index (χ1n) is 10.1. The van der Waals surface area contributed by atoms with Crippen LogP contribution in [0.25, 0.3) is 6.08 Å². The van der Waals surface area contributed by atoms with Crippen molar-refractivity contribution in [1.82, 2.24) is 4.90 Å². The quantitative estimate of drug-likeness (QED) is 0.759. The highest BCUT2D eigenvalue weighted by Gasteiger charge is 2.33. The van der Waals surface area contributed by atoms with E-state index in [9.17, 15) is 9.90 Å². The molecule has 1 saturated heterocycles. The van der Waals surface area contributed by atoms with E-state index in [-0.39, 0.29) is 11.5 Å². The van der Waals surface area contributed by atoms with Crippen molar-refractivity contribution in [2.24, 2.45) is 0 Å². The second kappa shape index (κ2) is 7.44. The summed E-state index contributed by atoms with van der Waals surface area (Å²) < 4.78 is 6.03. The average Bonchev–Trinajstić information content (AvgIpc) is 3.28. The van der Waals surface area contributed by atoms with Gasteiger partial charge in [-0.3, -0.25) is 9.69 Å². The molecule has 28 heavy (non-hydrogen) atoms. The fourth-order valence-electron chi connectivity index (χ4n) is 4.03. The largest absolute Gasteiger partial charge is 0.507 e. The summed E-state index contributed by atoms with van der Waals surface area (Å²) in [5.41, 5.74) is 4.24. The molecule has 2 aromatic rings. The van der Waals surface area contributed by atoms with E-state index in [0.717, 1.165) is 29.8 Å². The van der Waals surface area contributed by atoms with E-state index >= 15 is 0 Å². The van der Waals surface area contributed by atoms with Crippen LogP contribution in [0.1, 0.15) is 65.2 Å². The number of benzene rings is 2. The Morgan fingerprint density at radius 3 is 2.50 bits per heavy atom. The standard InChI is InChI=1S/C24H27NO3/c1-15(2)18-8-6-17(7-9-18)13-21-23(27)22-16(3)12-20(26)19(24(22)28-21)14-25-10-4-5-11-25/h6-9,12-13,15,26H,4-5,10-11,14H2,1-3H3/b21-13-. The van der Waals surface area contributed by atoms with Crippen molar-refractivity contribution in [2.45, 2.75) is 46.1 Å². The Bertz CT molecular complexity index is 935. The summed E-state index contributed by atoms with van der Waals surface area (Å²) in [5, 5.41) is 10.5. The van der Waals surface area contributed by atoms with Gasteiger partial charge in [0.25, 0.3) is 0 Å². The van der Waals surface area contributed by atoms with Crippen LogP contribution in [0.3, 0.4) is 0 Å². The van der Waals surface area contributed by atoms with Gasteiger partial charge in [0.05, 0.1) is 11.1 Å². The van der Waals surface area contributed by atoms with Crippen molar-refractivity contribution in [2.75, 3.05) is 13.1 Å². The lowest BCUT2D eigenvalue weighted by Crippen LogP contribution is -2.19. The van der Waals surface area contributed by atoms with Crippen LogP contribution in [-0.2, 0) is 6.54 Å². The van der Waals surface area contributed by atoms with Gasteiger partial charge < -0.3 is 9.84 Å². The smallest absolute Gasteiger partial charge is 0.232 e. The molecule has 0 aromatic heterocycles. The number of aromatic hydroxyl groups is 1. The summed E-state index contributed by atoms with van der Waals surface area (Å²) in [6.07, 6.45) is 4.14. The van der Waals surface area contributed by atoms with Gasteiger partial charge in [0.15, 0.2) is 5.76 Å². The van der Waals surface area contributed by atoms with Crippen LogP contribution in [0.5, 0.6) is 11.5 Å².